The Bertz CT molecular complexity index is 574. The van der Waals surface area contributed by atoms with E-state index >= 15 is 0 Å². The number of nitrogens with one attached hydrogen (secondary N) is 3. The maximum atomic E-state index is 11.2. The fraction of sp³-hybridized carbons (Fsp3) is 0.556. The first kappa shape index (κ1) is 19.2. The molecular formula is C9H15ClN4O7. The maximum absolute atomic E-state index is 11.2. The van der Waals surface area contributed by atoms with Gasteiger partial charge in [0.15, 0.2) is 0 Å². The van der Waals surface area contributed by atoms with Crippen LogP contribution in [-0.2, 0) is 0 Å². The number of aliphatic hydroxyl groups is 4. The summed E-state index contributed by atoms with van der Waals surface area (Å²) in [6, 6.07) is 0. The van der Waals surface area contributed by atoms with Crippen LogP contribution in [0.2, 0.25) is 0 Å². The van der Waals surface area contributed by atoms with Crippen molar-refractivity contribution in [3.8, 4) is 0 Å². The minimum Gasteiger partial charge on any atom is -0.394 e. The lowest BCUT2D eigenvalue weighted by Crippen LogP contribution is -2.43. The Labute approximate surface area is 123 Å². The molecule has 0 radical (unpaired) electrons. The lowest BCUT2D eigenvalue weighted by atomic mass is 10.1. The van der Waals surface area contributed by atoms with Gasteiger partial charge in [0.2, 0.25) is 5.69 Å². The number of nitrogens with zero attached hydrogens (tertiary/aromatic N) is 1. The van der Waals surface area contributed by atoms with Crippen molar-refractivity contribution < 1.29 is 20.4 Å². The summed E-state index contributed by atoms with van der Waals surface area (Å²) in [6.45, 7) is -1.18. The molecule has 120 valence electrons. The standard InChI is InChI=1S/C9H14N4O7.ClH/c14-2-4(16)6(17)3(15)1-10-7-5(13-20)8(18)12-9(19)11-7;/h3-4,6,14-17H,1-2H2,(H3,10,11,12,18,19);1H/t3-,4+,6-;/m0./s1. The van der Waals surface area contributed by atoms with E-state index in [1.807, 2.05) is 0 Å². The quantitative estimate of drug-likeness (QED) is 0.265. The number of rotatable bonds is 7. The highest BCUT2D eigenvalue weighted by Gasteiger charge is 2.24. The van der Waals surface area contributed by atoms with Crippen LogP contribution < -0.4 is 16.6 Å². The van der Waals surface area contributed by atoms with Crippen LogP contribution in [-0.4, -0.2) is 61.9 Å². The van der Waals surface area contributed by atoms with E-state index in [9.17, 15) is 24.7 Å². The molecule has 12 heteroatoms. The van der Waals surface area contributed by atoms with E-state index < -0.39 is 48.4 Å². The molecule has 0 aromatic carbocycles. The summed E-state index contributed by atoms with van der Waals surface area (Å²) in [5, 5.41) is 41.4. The molecule has 7 N–H and O–H groups in total. The molecule has 0 bridgehead atoms. The topological polar surface area (TPSA) is 188 Å². The van der Waals surface area contributed by atoms with Gasteiger partial charge >= 0.3 is 5.69 Å². The first-order valence-corrected chi connectivity index (χ1v) is 5.49. The van der Waals surface area contributed by atoms with Crippen molar-refractivity contribution in [1.82, 2.24) is 9.97 Å². The van der Waals surface area contributed by atoms with Crippen LogP contribution in [0.25, 0.3) is 0 Å². The monoisotopic (exact) mass is 326 g/mol. The molecule has 1 aromatic heterocycles. The molecule has 0 spiro atoms. The molecule has 3 atom stereocenters. The lowest BCUT2D eigenvalue weighted by molar-refractivity contribution is -0.0715. The molecular weight excluding hydrogens is 312 g/mol. The van der Waals surface area contributed by atoms with Gasteiger partial charge in [-0.25, -0.2) is 4.79 Å². The number of H-pyrrole nitrogens is 2. The second kappa shape index (κ2) is 8.49. The van der Waals surface area contributed by atoms with E-state index in [1.54, 1.807) is 4.98 Å². The third-order valence-corrected chi connectivity index (χ3v) is 2.47. The highest BCUT2D eigenvalue weighted by Crippen LogP contribution is 2.14. The molecule has 0 fully saturated rings. The van der Waals surface area contributed by atoms with Crippen LogP contribution in [0.3, 0.4) is 0 Å². The third-order valence-electron chi connectivity index (χ3n) is 2.47. The van der Waals surface area contributed by atoms with Crippen molar-refractivity contribution in [3.05, 3.63) is 25.7 Å². The molecule has 0 saturated heterocycles. The molecule has 11 nitrogen and oxygen atoms in total. The first-order chi connectivity index (χ1) is 9.40. The van der Waals surface area contributed by atoms with Gasteiger partial charge in [-0.3, -0.25) is 14.8 Å². The number of nitroso groups, excluding NO2 is 1. The summed E-state index contributed by atoms with van der Waals surface area (Å²) in [5.41, 5.74) is -2.54. The summed E-state index contributed by atoms with van der Waals surface area (Å²) in [7, 11) is 0. The van der Waals surface area contributed by atoms with E-state index in [-0.39, 0.29) is 18.2 Å². The average Bonchev–Trinajstić information content (AvgIpc) is 2.42. The zero-order valence-corrected chi connectivity index (χ0v) is 11.3. The van der Waals surface area contributed by atoms with Crippen LogP contribution in [0.5, 0.6) is 0 Å². The van der Waals surface area contributed by atoms with Crippen LogP contribution in [0.4, 0.5) is 11.5 Å². The van der Waals surface area contributed by atoms with Gasteiger partial charge in [-0.15, -0.1) is 17.3 Å². The van der Waals surface area contributed by atoms with Gasteiger partial charge in [-0.2, -0.15) is 0 Å². The summed E-state index contributed by atoms with van der Waals surface area (Å²) < 4.78 is 0. The van der Waals surface area contributed by atoms with E-state index in [4.69, 9.17) is 10.2 Å². The molecule has 0 saturated carbocycles. The van der Waals surface area contributed by atoms with Gasteiger partial charge in [0.25, 0.3) is 5.56 Å². The number of anilines is 1. The zero-order valence-electron chi connectivity index (χ0n) is 10.5. The maximum Gasteiger partial charge on any atom is 0.327 e. The molecule has 0 aliphatic heterocycles. The second-order valence-electron chi connectivity index (χ2n) is 3.91. The molecule has 0 aliphatic rings. The molecule has 0 aliphatic carbocycles. The minimum absolute atomic E-state index is 0. The van der Waals surface area contributed by atoms with Gasteiger partial charge < -0.3 is 25.7 Å². The molecule has 1 heterocycles. The summed E-state index contributed by atoms with van der Waals surface area (Å²) >= 11 is 0. The predicted octanol–water partition coefficient (Wildman–Crippen LogP) is -2.63. The minimum atomic E-state index is -1.66. The van der Waals surface area contributed by atoms with E-state index in [0.29, 0.717) is 0 Å². The van der Waals surface area contributed by atoms with Crippen molar-refractivity contribution in [1.29, 1.82) is 0 Å². The number of hydrogen-bond donors (Lipinski definition) is 7. The molecule has 1 aromatic rings. The fourth-order valence-corrected chi connectivity index (χ4v) is 1.39. The highest BCUT2D eigenvalue weighted by atomic mass is 35.5. The van der Waals surface area contributed by atoms with Crippen LogP contribution in [0, 0.1) is 4.91 Å². The highest BCUT2D eigenvalue weighted by molar-refractivity contribution is 5.85. The molecule has 0 unspecified atom stereocenters. The summed E-state index contributed by atoms with van der Waals surface area (Å²) in [6.07, 6.45) is -4.75. The number of aliphatic hydroxyl groups excluding tert-OH is 4. The van der Waals surface area contributed by atoms with E-state index in [1.165, 1.54) is 0 Å². The van der Waals surface area contributed by atoms with Crippen molar-refractivity contribution in [2.75, 3.05) is 18.5 Å². The summed E-state index contributed by atoms with van der Waals surface area (Å²) in [4.78, 5) is 36.6. The Kier molecular flexibility index (Phi) is 7.76. The van der Waals surface area contributed by atoms with Crippen LogP contribution in [0.15, 0.2) is 14.8 Å². The Morgan fingerprint density at radius 3 is 2.29 bits per heavy atom. The molecule has 0 amide bonds. The number of halogens is 1. The first-order valence-electron chi connectivity index (χ1n) is 5.49. The largest absolute Gasteiger partial charge is 0.394 e. The number of aromatic amines is 2. The van der Waals surface area contributed by atoms with Gasteiger partial charge in [-0.1, -0.05) is 0 Å². The predicted molar refractivity (Wildman–Crippen MR) is 74.0 cm³/mol. The Morgan fingerprint density at radius 2 is 1.76 bits per heavy atom. The van der Waals surface area contributed by atoms with Crippen LogP contribution >= 0.6 is 12.4 Å². The molecule has 1 rings (SSSR count). The van der Waals surface area contributed by atoms with Crippen molar-refractivity contribution in [2.24, 2.45) is 5.18 Å². The third kappa shape index (κ3) is 4.91. The SMILES string of the molecule is Cl.O=Nc1c(NC[C@H](O)[C@H](O)[C@H](O)CO)[nH]c(=O)[nH]c1=O. The van der Waals surface area contributed by atoms with Gasteiger partial charge in [-0.05, 0) is 5.18 Å². The van der Waals surface area contributed by atoms with Gasteiger partial charge in [0, 0.05) is 6.54 Å². The molecule has 21 heavy (non-hydrogen) atoms. The van der Waals surface area contributed by atoms with E-state index in [2.05, 4.69) is 15.5 Å². The summed E-state index contributed by atoms with van der Waals surface area (Å²) in [5.74, 6) is -0.335. The number of aromatic nitrogens is 2. The van der Waals surface area contributed by atoms with Crippen molar-refractivity contribution in [2.45, 2.75) is 18.3 Å². The Balaban J connectivity index is 0.00000400. The number of hydrogen-bond acceptors (Lipinski definition) is 9. The van der Waals surface area contributed by atoms with Crippen molar-refractivity contribution in [3.63, 3.8) is 0 Å². The lowest BCUT2D eigenvalue weighted by Gasteiger charge is -2.22. The Morgan fingerprint density at radius 1 is 1.14 bits per heavy atom. The van der Waals surface area contributed by atoms with E-state index in [0.717, 1.165) is 0 Å². The average molecular weight is 327 g/mol. The van der Waals surface area contributed by atoms with Crippen LogP contribution in [0.1, 0.15) is 0 Å². The van der Waals surface area contributed by atoms with Gasteiger partial charge in [0.05, 0.1) is 12.7 Å². The fourth-order valence-electron chi connectivity index (χ4n) is 1.39. The second-order valence-corrected chi connectivity index (χ2v) is 3.91. The van der Waals surface area contributed by atoms with Crippen molar-refractivity contribution >= 4 is 23.9 Å². The van der Waals surface area contributed by atoms with Gasteiger partial charge in [0.1, 0.15) is 18.0 Å². The normalized spacial score (nSPS) is 14.7. The zero-order chi connectivity index (χ0) is 15.3. The Hall–Kier alpha value is -1.79. The smallest absolute Gasteiger partial charge is 0.327 e.